The van der Waals surface area contributed by atoms with E-state index in [1.165, 1.54) is 18.4 Å². The SMILES string of the molecule is COc1ccc(-c2ccc(C(=O)N[C@H](C(=O)O)C3CCCCC3)c(NC(=O)Nc3c(C)cc(C4CC4)cc3C)c2)cc1. The van der Waals surface area contributed by atoms with Crippen molar-refractivity contribution in [3.05, 3.63) is 76.9 Å². The maximum atomic E-state index is 13.5. The van der Waals surface area contributed by atoms with Crippen LogP contribution in [0.4, 0.5) is 16.2 Å². The largest absolute Gasteiger partial charge is 0.497 e. The summed E-state index contributed by atoms with van der Waals surface area (Å²) < 4.78 is 5.27. The fourth-order valence-corrected chi connectivity index (χ4v) is 5.99. The summed E-state index contributed by atoms with van der Waals surface area (Å²) in [5, 5.41) is 18.5. The fourth-order valence-electron chi connectivity index (χ4n) is 5.99. The minimum atomic E-state index is -1.04. The van der Waals surface area contributed by atoms with Crippen LogP contribution in [0.15, 0.2) is 54.6 Å². The first-order valence-electron chi connectivity index (χ1n) is 14.7. The average molecular weight is 570 g/mol. The second-order valence-corrected chi connectivity index (χ2v) is 11.6. The number of hydrogen-bond acceptors (Lipinski definition) is 4. The van der Waals surface area contributed by atoms with E-state index in [0.29, 0.717) is 11.7 Å². The van der Waals surface area contributed by atoms with Crippen LogP contribution in [0.3, 0.4) is 0 Å². The number of carbonyl (C=O) groups excluding carboxylic acids is 2. The molecule has 0 unspecified atom stereocenters. The molecule has 4 N–H and O–H groups in total. The summed E-state index contributed by atoms with van der Waals surface area (Å²) in [6.07, 6.45) is 6.91. The van der Waals surface area contributed by atoms with E-state index in [1.54, 1.807) is 25.3 Å². The number of amides is 3. The third kappa shape index (κ3) is 6.75. The number of aryl methyl sites for hydroxylation is 2. The standard InChI is InChI=1S/C34H39N3O5/c1-20-17-26(23-9-10-23)18-21(2)30(20)37-34(41)35-29-19-25(22-11-14-27(42-3)15-12-22)13-16-28(29)32(38)36-31(33(39)40)24-7-5-4-6-8-24/h11-19,23-24,31H,4-10H2,1-3H3,(H,36,38)(H,39,40)(H2,35,37,41)/t31-/m0/s1. The first kappa shape index (κ1) is 29.2. The molecule has 2 aliphatic rings. The molecule has 8 heteroatoms. The number of carbonyl (C=O) groups is 3. The minimum Gasteiger partial charge on any atom is -0.497 e. The van der Waals surface area contributed by atoms with E-state index >= 15 is 0 Å². The van der Waals surface area contributed by atoms with Crippen molar-refractivity contribution < 1.29 is 24.2 Å². The van der Waals surface area contributed by atoms with Gasteiger partial charge in [-0.15, -0.1) is 0 Å². The fraction of sp³-hybridized carbons (Fsp3) is 0.382. The van der Waals surface area contributed by atoms with Crippen molar-refractivity contribution in [3.63, 3.8) is 0 Å². The lowest BCUT2D eigenvalue weighted by molar-refractivity contribution is -0.141. The number of urea groups is 1. The second-order valence-electron chi connectivity index (χ2n) is 11.6. The monoisotopic (exact) mass is 569 g/mol. The molecular weight excluding hydrogens is 530 g/mol. The second kappa shape index (κ2) is 12.7. The molecule has 0 heterocycles. The van der Waals surface area contributed by atoms with Crippen LogP contribution >= 0.6 is 0 Å². The Bertz CT molecular complexity index is 1450. The number of aliphatic carboxylic acids is 1. The van der Waals surface area contributed by atoms with Gasteiger partial charge in [0.1, 0.15) is 11.8 Å². The predicted molar refractivity (Wildman–Crippen MR) is 164 cm³/mol. The van der Waals surface area contributed by atoms with Crippen LogP contribution in [0.1, 0.15) is 77.9 Å². The molecule has 3 aromatic carbocycles. The quantitative estimate of drug-likeness (QED) is 0.216. The lowest BCUT2D eigenvalue weighted by atomic mass is 9.83. The van der Waals surface area contributed by atoms with Crippen molar-refractivity contribution in [1.29, 1.82) is 0 Å². The summed E-state index contributed by atoms with van der Waals surface area (Å²) in [6.45, 7) is 3.96. The van der Waals surface area contributed by atoms with E-state index in [9.17, 15) is 19.5 Å². The van der Waals surface area contributed by atoms with E-state index in [2.05, 4.69) is 28.1 Å². The molecule has 8 nitrogen and oxygen atoms in total. The molecule has 2 aliphatic carbocycles. The van der Waals surface area contributed by atoms with Gasteiger partial charge in [0, 0.05) is 5.69 Å². The highest BCUT2D eigenvalue weighted by atomic mass is 16.5. The Kier molecular flexibility index (Phi) is 8.80. The van der Waals surface area contributed by atoms with Crippen LogP contribution in [0.25, 0.3) is 11.1 Å². The molecule has 0 aromatic heterocycles. The Morgan fingerprint density at radius 1 is 0.833 bits per heavy atom. The summed E-state index contributed by atoms with van der Waals surface area (Å²) >= 11 is 0. The number of benzene rings is 3. The van der Waals surface area contributed by atoms with Crippen molar-refractivity contribution in [2.75, 3.05) is 17.7 Å². The molecule has 2 saturated carbocycles. The summed E-state index contributed by atoms with van der Waals surface area (Å²) in [5.74, 6) is -0.379. The first-order chi connectivity index (χ1) is 20.2. The number of carboxylic acid groups (broad SMARTS) is 1. The zero-order chi connectivity index (χ0) is 29.8. The predicted octanol–water partition coefficient (Wildman–Crippen LogP) is 7.26. The molecule has 42 heavy (non-hydrogen) atoms. The van der Waals surface area contributed by atoms with Crippen LogP contribution in [-0.4, -0.2) is 36.2 Å². The molecule has 0 spiro atoms. The van der Waals surface area contributed by atoms with Crippen LogP contribution in [0.2, 0.25) is 0 Å². The number of methoxy groups -OCH3 is 1. The van der Waals surface area contributed by atoms with E-state index in [0.717, 1.165) is 60.0 Å². The molecule has 0 aliphatic heterocycles. The molecule has 3 aromatic rings. The molecule has 1 atom stereocenters. The van der Waals surface area contributed by atoms with Crippen molar-refractivity contribution in [1.82, 2.24) is 5.32 Å². The van der Waals surface area contributed by atoms with Crippen molar-refractivity contribution >= 4 is 29.3 Å². The Balaban J connectivity index is 1.42. The zero-order valence-electron chi connectivity index (χ0n) is 24.5. The number of rotatable bonds is 9. The van der Waals surface area contributed by atoms with Crippen LogP contribution < -0.4 is 20.7 Å². The molecule has 3 amide bonds. The number of anilines is 2. The summed E-state index contributed by atoms with van der Waals surface area (Å²) in [5.41, 5.74) is 6.14. The number of nitrogens with one attached hydrogen (secondary N) is 3. The van der Waals surface area contributed by atoms with Gasteiger partial charge in [-0.1, -0.05) is 49.6 Å². The first-order valence-corrected chi connectivity index (χ1v) is 14.7. The Morgan fingerprint density at radius 2 is 1.48 bits per heavy atom. The number of ether oxygens (including phenoxy) is 1. The smallest absolute Gasteiger partial charge is 0.326 e. The lowest BCUT2D eigenvalue weighted by Gasteiger charge is -2.28. The van der Waals surface area contributed by atoms with Gasteiger partial charge in [0.15, 0.2) is 0 Å². The van der Waals surface area contributed by atoms with Crippen LogP contribution in [0.5, 0.6) is 5.75 Å². The number of hydrogen-bond donors (Lipinski definition) is 4. The minimum absolute atomic E-state index is 0.122. The molecule has 2 fully saturated rings. The Hall–Kier alpha value is -4.33. The number of carboxylic acids is 1. The maximum Gasteiger partial charge on any atom is 0.326 e. The van der Waals surface area contributed by atoms with Gasteiger partial charge in [0.25, 0.3) is 5.91 Å². The summed E-state index contributed by atoms with van der Waals surface area (Å²) in [4.78, 5) is 39.0. The van der Waals surface area contributed by atoms with Crippen LogP contribution in [-0.2, 0) is 4.79 Å². The van der Waals surface area contributed by atoms with Gasteiger partial charge in [-0.05, 0) is 103 Å². The van der Waals surface area contributed by atoms with Crippen LogP contribution in [0, 0.1) is 19.8 Å². The molecular formula is C34H39N3O5. The molecule has 220 valence electrons. The topological polar surface area (TPSA) is 117 Å². The molecule has 0 radical (unpaired) electrons. The van der Waals surface area contributed by atoms with E-state index in [-0.39, 0.29) is 17.2 Å². The van der Waals surface area contributed by atoms with Gasteiger partial charge in [-0.2, -0.15) is 0 Å². The highest BCUT2D eigenvalue weighted by Gasteiger charge is 2.32. The summed E-state index contributed by atoms with van der Waals surface area (Å²) in [6, 6.07) is 15.4. The van der Waals surface area contributed by atoms with Crippen molar-refractivity contribution in [3.8, 4) is 16.9 Å². The Labute approximate surface area is 246 Å². The van der Waals surface area contributed by atoms with E-state index < -0.39 is 23.9 Å². The van der Waals surface area contributed by atoms with Gasteiger partial charge in [-0.25, -0.2) is 9.59 Å². The van der Waals surface area contributed by atoms with Crippen molar-refractivity contribution in [2.45, 2.75) is 70.8 Å². The molecule has 0 saturated heterocycles. The van der Waals surface area contributed by atoms with Gasteiger partial charge in [-0.3, -0.25) is 4.79 Å². The van der Waals surface area contributed by atoms with Crippen molar-refractivity contribution in [2.24, 2.45) is 5.92 Å². The molecule has 0 bridgehead atoms. The average Bonchev–Trinajstić information content (AvgIpc) is 3.84. The van der Waals surface area contributed by atoms with Gasteiger partial charge in [0.2, 0.25) is 0 Å². The van der Waals surface area contributed by atoms with E-state index in [1.807, 2.05) is 38.1 Å². The highest BCUT2D eigenvalue weighted by Crippen LogP contribution is 2.42. The Morgan fingerprint density at radius 3 is 2.07 bits per heavy atom. The molecule has 5 rings (SSSR count). The van der Waals surface area contributed by atoms with Gasteiger partial charge in [0.05, 0.1) is 18.4 Å². The zero-order valence-corrected chi connectivity index (χ0v) is 24.5. The lowest BCUT2D eigenvalue weighted by Crippen LogP contribution is -2.46. The van der Waals surface area contributed by atoms with Gasteiger partial charge >= 0.3 is 12.0 Å². The maximum absolute atomic E-state index is 13.5. The third-order valence-corrected chi connectivity index (χ3v) is 8.45. The normalized spacial score (nSPS) is 15.9. The summed E-state index contributed by atoms with van der Waals surface area (Å²) in [7, 11) is 1.60. The highest BCUT2D eigenvalue weighted by molar-refractivity contribution is 6.08. The van der Waals surface area contributed by atoms with Gasteiger partial charge < -0.3 is 25.8 Å². The third-order valence-electron chi connectivity index (χ3n) is 8.45. The van der Waals surface area contributed by atoms with E-state index in [4.69, 9.17) is 4.74 Å².